The summed E-state index contributed by atoms with van der Waals surface area (Å²) in [6, 6.07) is 0.259. The zero-order valence-electron chi connectivity index (χ0n) is 5.67. The third kappa shape index (κ3) is 1.93. The third-order valence-corrected chi connectivity index (χ3v) is 1.22. The lowest BCUT2D eigenvalue weighted by Crippen LogP contribution is -2.33. The van der Waals surface area contributed by atoms with Crippen LogP contribution in [0.25, 0.3) is 0 Å². The van der Waals surface area contributed by atoms with E-state index in [2.05, 4.69) is 10.2 Å². The lowest BCUT2D eigenvalue weighted by molar-refractivity contribution is 0.369. The van der Waals surface area contributed by atoms with E-state index in [0.717, 1.165) is 13.2 Å². The van der Waals surface area contributed by atoms with Crippen LogP contribution in [0.3, 0.4) is 0 Å². The van der Waals surface area contributed by atoms with E-state index < -0.39 is 0 Å². The van der Waals surface area contributed by atoms with Gasteiger partial charge in [0.15, 0.2) is 0 Å². The van der Waals surface area contributed by atoms with Crippen molar-refractivity contribution in [2.24, 2.45) is 5.73 Å². The predicted molar refractivity (Wildman–Crippen MR) is 37.5 cm³/mol. The van der Waals surface area contributed by atoms with Crippen molar-refractivity contribution in [3.8, 4) is 0 Å². The number of nitrogens with one attached hydrogen (secondary N) is 1. The van der Waals surface area contributed by atoms with Crippen molar-refractivity contribution in [3.63, 3.8) is 0 Å². The van der Waals surface area contributed by atoms with Crippen molar-refractivity contribution < 1.29 is 0 Å². The van der Waals surface area contributed by atoms with Crippen molar-refractivity contribution in [2.75, 3.05) is 13.2 Å². The Kier molecular flexibility index (Phi) is 1.95. The van der Waals surface area contributed by atoms with Gasteiger partial charge in [0.2, 0.25) is 0 Å². The molecular formula is C6H13N3. The first-order chi connectivity index (χ1) is 4.29. The molecule has 1 heterocycles. The molecule has 0 saturated carbocycles. The molecule has 0 fully saturated rings. The Morgan fingerprint density at radius 1 is 1.89 bits per heavy atom. The number of hydrogen-bond donors (Lipinski definition) is 2. The van der Waals surface area contributed by atoms with E-state index in [4.69, 9.17) is 5.73 Å². The van der Waals surface area contributed by atoms with Gasteiger partial charge in [0.1, 0.15) is 0 Å². The molecule has 0 radical (unpaired) electrons. The highest BCUT2D eigenvalue weighted by molar-refractivity contribution is 4.88. The van der Waals surface area contributed by atoms with Gasteiger partial charge in [0.25, 0.3) is 0 Å². The molecule has 0 bridgehead atoms. The van der Waals surface area contributed by atoms with Crippen molar-refractivity contribution in [1.82, 2.24) is 10.2 Å². The highest BCUT2D eigenvalue weighted by Gasteiger charge is 2.03. The van der Waals surface area contributed by atoms with Crippen LogP contribution in [0.5, 0.6) is 0 Å². The minimum absolute atomic E-state index is 0.259. The summed E-state index contributed by atoms with van der Waals surface area (Å²) < 4.78 is 0. The number of hydrogen-bond acceptors (Lipinski definition) is 3. The Morgan fingerprint density at radius 2 is 2.67 bits per heavy atom. The van der Waals surface area contributed by atoms with Crippen LogP contribution in [0.4, 0.5) is 0 Å². The standard InChI is InChI=1S/C6H13N3/c1-6(7)4-9-3-2-8-5-9/h2-3,6,8H,4-5,7H2,1H3. The fourth-order valence-electron chi connectivity index (χ4n) is 0.876. The van der Waals surface area contributed by atoms with E-state index in [1.807, 2.05) is 19.3 Å². The minimum Gasteiger partial charge on any atom is -0.373 e. The van der Waals surface area contributed by atoms with Crippen LogP contribution in [-0.2, 0) is 0 Å². The summed E-state index contributed by atoms with van der Waals surface area (Å²) >= 11 is 0. The van der Waals surface area contributed by atoms with E-state index in [0.29, 0.717) is 0 Å². The van der Waals surface area contributed by atoms with E-state index in [1.54, 1.807) is 0 Å². The Hall–Kier alpha value is -0.700. The molecule has 9 heavy (non-hydrogen) atoms. The van der Waals surface area contributed by atoms with Crippen LogP contribution in [0.15, 0.2) is 12.4 Å². The summed E-state index contributed by atoms with van der Waals surface area (Å²) in [6.07, 6.45) is 3.95. The van der Waals surface area contributed by atoms with Gasteiger partial charge in [-0.15, -0.1) is 0 Å². The molecule has 1 atom stereocenters. The van der Waals surface area contributed by atoms with Gasteiger partial charge in [-0.2, -0.15) is 0 Å². The Balaban J connectivity index is 2.20. The summed E-state index contributed by atoms with van der Waals surface area (Å²) in [5.74, 6) is 0. The maximum absolute atomic E-state index is 5.57. The molecule has 1 aliphatic heterocycles. The first-order valence-electron chi connectivity index (χ1n) is 3.19. The predicted octanol–water partition coefficient (Wildman–Crippen LogP) is -0.332. The van der Waals surface area contributed by atoms with Crippen molar-refractivity contribution in [3.05, 3.63) is 12.4 Å². The van der Waals surface area contributed by atoms with E-state index in [-0.39, 0.29) is 6.04 Å². The lowest BCUT2D eigenvalue weighted by atomic mass is 10.3. The second-order valence-electron chi connectivity index (χ2n) is 2.43. The first kappa shape index (κ1) is 6.42. The number of nitrogens with zero attached hydrogens (tertiary/aromatic N) is 1. The molecule has 0 saturated heterocycles. The molecule has 0 amide bonds. The molecule has 0 aliphatic carbocycles. The molecule has 0 spiro atoms. The first-order valence-corrected chi connectivity index (χ1v) is 3.19. The van der Waals surface area contributed by atoms with Crippen LogP contribution in [0, 0.1) is 0 Å². The molecule has 1 rings (SSSR count). The molecule has 0 aromatic heterocycles. The zero-order chi connectivity index (χ0) is 6.69. The fourth-order valence-corrected chi connectivity index (χ4v) is 0.876. The van der Waals surface area contributed by atoms with E-state index in [9.17, 15) is 0 Å². The van der Waals surface area contributed by atoms with Crippen molar-refractivity contribution in [2.45, 2.75) is 13.0 Å². The van der Waals surface area contributed by atoms with Crippen molar-refractivity contribution >= 4 is 0 Å². The SMILES string of the molecule is CC(N)CN1C=CNC1. The van der Waals surface area contributed by atoms with Crippen LogP contribution < -0.4 is 11.1 Å². The summed E-state index contributed by atoms with van der Waals surface area (Å²) in [4.78, 5) is 2.14. The van der Waals surface area contributed by atoms with Gasteiger partial charge in [0, 0.05) is 25.0 Å². The van der Waals surface area contributed by atoms with Crippen LogP contribution in [0.2, 0.25) is 0 Å². The second kappa shape index (κ2) is 2.73. The molecule has 3 N–H and O–H groups in total. The second-order valence-corrected chi connectivity index (χ2v) is 2.43. The molecule has 1 aliphatic rings. The molecule has 0 aromatic carbocycles. The molecule has 52 valence electrons. The average Bonchev–Trinajstić information content (AvgIpc) is 2.15. The maximum atomic E-state index is 5.57. The third-order valence-electron chi connectivity index (χ3n) is 1.22. The zero-order valence-corrected chi connectivity index (χ0v) is 5.67. The monoisotopic (exact) mass is 127 g/mol. The van der Waals surface area contributed by atoms with Crippen LogP contribution in [0.1, 0.15) is 6.92 Å². The largest absolute Gasteiger partial charge is 0.373 e. The molecule has 3 heteroatoms. The smallest absolute Gasteiger partial charge is 0.0868 e. The summed E-state index contributed by atoms with van der Waals surface area (Å²) in [5, 5.41) is 3.07. The van der Waals surface area contributed by atoms with Crippen LogP contribution >= 0.6 is 0 Å². The van der Waals surface area contributed by atoms with Gasteiger partial charge in [-0.1, -0.05) is 0 Å². The maximum Gasteiger partial charge on any atom is 0.0868 e. The highest BCUT2D eigenvalue weighted by atomic mass is 15.2. The highest BCUT2D eigenvalue weighted by Crippen LogP contribution is 1.94. The molecular weight excluding hydrogens is 114 g/mol. The summed E-state index contributed by atoms with van der Waals surface area (Å²) in [6.45, 7) is 3.84. The normalized spacial score (nSPS) is 20.0. The quantitative estimate of drug-likeness (QED) is 0.533. The van der Waals surface area contributed by atoms with Gasteiger partial charge in [0.05, 0.1) is 6.67 Å². The van der Waals surface area contributed by atoms with Gasteiger partial charge >= 0.3 is 0 Å². The van der Waals surface area contributed by atoms with E-state index in [1.165, 1.54) is 0 Å². The number of nitrogens with two attached hydrogens (primary N) is 1. The summed E-state index contributed by atoms with van der Waals surface area (Å²) in [7, 11) is 0. The Morgan fingerprint density at radius 3 is 3.11 bits per heavy atom. The fraction of sp³-hybridized carbons (Fsp3) is 0.667. The minimum atomic E-state index is 0.259. The molecule has 3 nitrogen and oxygen atoms in total. The van der Waals surface area contributed by atoms with Gasteiger partial charge < -0.3 is 16.0 Å². The van der Waals surface area contributed by atoms with E-state index >= 15 is 0 Å². The molecule has 0 aromatic rings. The van der Waals surface area contributed by atoms with Crippen molar-refractivity contribution in [1.29, 1.82) is 0 Å². The van der Waals surface area contributed by atoms with Gasteiger partial charge in [-0.05, 0) is 6.92 Å². The lowest BCUT2D eigenvalue weighted by Gasteiger charge is -2.16. The molecule has 1 unspecified atom stereocenters. The van der Waals surface area contributed by atoms with Gasteiger partial charge in [-0.3, -0.25) is 0 Å². The topological polar surface area (TPSA) is 41.3 Å². The average molecular weight is 127 g/mol. The van der Waals surface area contributed by atoms with Gasteiger partial charge in [-0.25, -0.2) is 0 Å². The Labute approximate surface area is 55.5 Å². The Bertz CT molecular complexity index is 109. The van der Waals surface area contributed by atoms with Crippen LogP contribution in [-0.4, -0.2) is 24.2 Å². The summed E-state index contributed by atoms with van der Waals surface area (Å²) in [5.41, 5.74) is 5.57. The number of rotatable bonds is 2.